The van der Waals surface area contributed by atoms with E-state index in [9.17, 15) is 18.0 Å². The van der Waals surface area contributed by atoms with Gasteiger partial charge in [0.05, 0.1) is 12.1 Å². The van der Waals surface area contributed by atoms with Gasteiger partial charge in [0.2, 0.25) is 5.91 Å². The molecular weight excluding hydrogens is 269 g/mol. The topological polar surface area (TPSA) is 55.1 Å². The Hall–Kier alpha value is -2.00. The van der Waals surface area contributed by atoms with Crippen molar-refractivity contribution in [1.29, 1.82) is 0 Å². The van der Waals surface area contributed by atoms with E-state index in [0.29, 0.717) is 0 Å². The largest absolute Gasteiger partial charge is 0.416 e. The maximum atomic E-state index is 12.7. The van der Waals surface area contributed by atoms with Gasteiger partial charge in [0.1, 0.15) is 5.54 Å². The van der Waals surface area contributed by atoms with Crippen molar-refractivity contribution >= 4 is 5.91 Å². The first kappa shape index (κ1) is 16.1. The summed E-state index contributed by atoms with van der Waals surface area (Å²) in [4.78, 5) is 11.6. The van der Waals surface area contributed by atoms with Gasteiger partial charge in [0.15, 0.2) is 0 Å². The molecule has 0 radical (unpaired) electrons. The van der Waals surface area contributed by atoms with Gasteiger partial charge in [-0.3, -0.25) is 10.1 Å². The minimum atomic E-state index is -4.47. The normalized spacial score (nSPS) is 14.1. The second-order valence-electron chi connectivity index (χ2n) is 4.35. The van der Waals surface area contributed by atoms with Gasteiger partial charge in [-0.05, 0) is 31.5 Å². The number of primary amides is 1. The van der Waals surface area contributed by atoms with Crippen LogP contribution in [0.5, 0.6) is 0 Å². The zero-order valence-electron chi connectivity index (χ0n) is 11.1. The summed E-state index contributed by atoms with van der Waals surface area (Å²) in [5.41, 5.74) is 3.22. The molecule has 3 N–H and O–H groups in total. The summed E-state index contributed by atoms with van der Waals surface area (Å²) in [7, 11) is 0. The average Bonchev–Trinajstić information content (AvgIpc) is 2.37. The van der Waals surface area contributed by atoms with Gasteiger partial charge in [0.25, 0.3) is 0 Å². The molecule has 1 aromatic rings. The molecule has 1 atom stereocenters. The van der Waals surface area contributed by atoms with E-state index in [1.165, 1.54) is 19.1 Å². The number of halogens is 3. The number of alkyl halides is 3. The predicted octanol–water partition coefficient (Wildman–Crippen LogP) is 2.02. The molecule has 0 aromatic heterocycles. The molecule has 0 spiro atoms. The lowest BCUT2D eigenvalue weighted by atomic mass is 9.90. The van der Waals surface area contributed by atoms with Crippen LogP contribution in [0.1, 0.15) is 25.0 Å². The fourth-order valence-corrected chi connectivity index (χ4v) is 1.65. The minimum Gasteiger partial charge on any atom is -0.368 e. The zero-order valence-corrected chi connectivity index (χ0v) is 11.1. The first-order valence-corrected chi connectivity index (χ1v) is 5.84. The van der Waals surface area contributed by atoms with Crippen LogP contribution < -0.4 is 11.1 Å². The summed E-state index contributed by atoms with van der Waals surface area (Å²) >= 11 is 0. The Labute approximate surface area is 115 Å². The monoisotopic (exact) mass is 284 g/mol. The fraction of sp³-hybridized carbons (Fsp3) is 0.357. The second-order valence-corrected chi connectivity index (χ2v) is 4.35. The number of nitrogens with one attached hydrogen (secondary N) is 1. The minimum absolute atomic E-state index is 0.145. The van der Waals surface area contributed by atoms with Crippen LogP contribution in [0.4, 0.5) is 13.2 Å². The molecule has 6 heteroatoms. The number of rotatable bonds is 4. The molecule has 0 heterocycles. The van der Waals surface area contributed by atoms with Gasteiger partial charge in [-0.2, -0.15) is 13.2 Å². The van der Waals surface area contributed by atoms with Crippen LogP contribution in [0, 0.1) is 11.8 Å². The Kier molecular flexibility index (Phi) is 4.79. The van der Waals surface area contributed by atoms with Gasteiger partial charge in [-0.1, -0.05) is 18.1 Å². The van der Waals surface area contributed by atoms with Crippen molar-refractivity contribution in [2.24, 2.45) is 5.73 Å². The van der Waals surface area contributed by atoms with E-state index in [2.05, 4.69) is 17.2 Å². The van der Waals surface area contributed by atoms with Crippen LogP contribution in [0.3, 0.4) is 0 Å². The van der Waals surface area contributed by atoms with E-state index in [1.54, 1.807) is 6.92 Å². The van der Waals surface area contributed by atoms with Gasteiger partial charge >= 0.3 is 6.18 Å². The summed E-state index contributed by atoms with van der Waals surface area (Å²) in [5, 5.41) is 2.78. The van der Waals surface area contributed by atoms with Crippen molar-refractivity contribution in [2.75, 3.05) is 6.54 Å². The first-order chi connectivity index (χ1) is 9.21. The van der Waals surface area contributed by atoms with E-state index < -0.39 is 23.2 Å². The Morgan fingerprint density at radius 2 is 1.95 bits per heavy atom. The highest BCUT2D eigenvalue weighted by Crippen LogP contribution is 2.32. The highest BCUT2D eigenvalue weighted by atomic mass is 19.4. The molecule has 0 aliphatic heterocycles. The lowest BCUT2D eigenvalue weighted by Gasteiger charge is -2.27. The highest BCUT2D eigenvalue weighted by Gasteiger charge is 2.36. The summed E-state index contributed by atoms with van der Waals surface area (Å²) in [6, 6.07) is 4.52. The number of hydrogen-bond donors (Lipinski definition) is 2. The summed E-state index contributed by atoms with van der Waals surface area (Å²) in [5.74, 6) is 4.54. The smallest absolute Gasteiger partial charge is 0.368 e. The molecule has 20 heavy (non-hydrogen) atoms. The van der Waals surface area contributed by atoms with Crippen LogP contribution in [0.25, 0.3) is 0 Å². The Balaban J connectivity index is 3.21. The van der Waals surface area contributed by atoms with Gasteiger partial charge < -0.3 is 5.73 Å². The third-order valence-corrected chi connectivity index (χ3v) is 2.97. The van der Waals surface area contributed by atoms with Crippen LogP contribution in [-0.4, -0.2) is 12.5 Å². The molecule has 0 fully saturated rings. The number of carbonyl (C=O) groups excluding carboxylic acids is 1. The molecule has 0 unspecified atom stereocenters. The van der Waals surface area contributed by atoms with Gasteiger partial charge in [-0.25, -0.2) is 0 Å². The summed E-state index contributed by atoms with van der Waals surface area (Å²) in [6.45, 7) is 3.20. The van der Waals surface area contributed by atoms with Crippen LogP contribution in [-0.2, 0) is 16.5 Å². The number of amides is 1. The van der Waals surface area contributed by atoms with E-state index in [0.717, 1.165) is 12.1 Å². The maximum absolute atomic E-state index is 12.7. The number of benzene rings is 1. The molecule has 1 aromatic carbocycles. The van der Waals surface area contributed by atoms with Gasteiger partial charge in [-0.15, -0.1) is 5.92 Å². The molecular formula is C14H15F3N2O. The zero-order chi connectivity index (χ0) is 15.4. The molecule has 0 saturated heterocycles. The van der Waals surface area contributed by atoms with E-state index in [1.807, 2.05) is 0 Å². The Bertz CT molecular complexity index is 558. The van der Waals surface area contributed by atoms with E-state index in [-0.39, 0.29) is 12.1 Å². The average molecular weight is 284 g/mol. The Morgan fingerprint density at radius 1 is 1.35 bits per heavy atom. The molecule has 0 aliphatic carbocycles. The molecule has 0 aliphatic rings. The molecule has 108 valence electrons. The highest BCUT2D eigenvalue weighted by molar-refractivity contribution is 5.85. The van der Waals surface area contributed by atoms with Crippen molar-refractivity contribution in [3.8, 4) is 11.8 Å². The second kappa shape index (κ2) is 5.97. The maximum Gasteiger partial charge on any atom is 0.416 e. The molecule has 1 rings (SSSR count). The van der Waals surface area contributed by atoms with Crippen molar-refractivity contribution in [2.45, 2.75) is 25.6 Å². The quantitative estimate of drug-likeness (QED) is 0.831. The molecule has 1 amide bonds. The first-order valence-electron chi connectivity index (χ1n) is 5.84. The van der Waals surface area contributed by atoms with Crippen LogP contribution in [0.2, 0.25) is 0 Å². The standard InChI is InChI=1S/C14H15F3N2O/c1-3-4-8-19-13(2,12(18)20)10-6-5-7-11(9-10)14(15,16)17/h5-7,9,19H,8H2,1-2H3,(H2,18,20)/t13-/m0/s1. The summed E-state index contributed by atoms with van der Waals surface area (Å²) < 4.78 is 38.1. The number of carbonyl (C=O) groups is 1. The Morgan fingerprint density at radius 3 is 2.45 bits per heavy atom. The predicted molar refractivity (Wildman–Crippen MR) is 69.4 cm³/mol. The third kappa shape index (κ3) is 3.52. The lowest BCUT2D eigenvalue weighted by molar-refractivity contribution is -0.138. The van der Waals surface area contributed by atoms with Crippen molar-refractivity contribution in [3.05, 3.63) is 35.4 Å². The number of hydrogen-bond acceptors (Lipinski definition) is 2. The molecule has 3 nitrogen and oxygen atoms in total. The van der Waals surface area contributed by atoms with Crippen molar-refractivity contribution in [1.82, 2.24) is 5.32 Å². The lowest BCUT2D eigenvalue weighted by Crippen LogP contribution is -2.50. The molecule has 0 saturated carbocycles. The van der Waals surface area contributed by atoms with Gasteiger partial charge in [0, 0.05) is 0 Å². The van der Waals surface area contributed by atoms with Crippen molar-refractivity contribution < 1.29 is 18.0 Å². The van der Waals surface area contributed by atoms with Crippen LogP contribution >= 0.6 is 0 Å². The van der Waals surface area contributed by atoms with E-state index in [4.69, 9.17) is 5.73 Å². The number of nitrogens with two attached hydrogens (primary N) is 1. The van der Waals surface area contributed by atoms with E-state index >= 15 is 0 Å². The van der Waals surface area contributed by atoms with Crippen molar-refractivity contribution in [3.63, 3.8) is 0 Å². The third-order valence-electron chi connectivity index (χ3n) is 2.97. The SMILES string of the molecule is CC#CCN[C@](C)(C(N)=O)c1cccc(C(F)(F)F)c1. The fourth-order valence-electron chi connectivity index (χ4n) is 1.65. The van der Waals surface area contributed by atoms with Crippen LogP contribution in [0.15, 0.2) is 24.3 Å². The molecule has 0 bridgehead atoms. The summed E-state index contributed by atoms with van der Waals surface area (Å²) in [6.07, 6.45) is -4.47.